The summed E-state index contributed by atoms with van der Waals surface area (Å²) < 4.78 is 28.5. The van der Waals surface area contributed by atoms with Gasteiger partial charge in [0.2, 0.25) is 5.91 Å². The van der Waals surface area contributed by atoms with Crippen molar-refractivity contribution in [3.63, 3.8) is 0 Å². The molecular formula is C21H18ClN3O3S2. The highest BCUT2D eigenvalue weighted by Crippen LogP contribution is 2.34. The van der Waals surface area contributed by atoms with E-state index in [4.69, 9.17) is 16.9 Å². The van der Waals surface area contributed by atoms with Crippen molar-refractivity contribution in [3.8, 4) is 6.07 Å². The highest BCUT2D eigenvalue weighted by Gasteiger charge is 2.40. The summed E-state index contributed by atoms with van der Waals surface area (Å²) >= 11 is 7.17. The molecular weight excluding hydrogens is 442 g/mol. The monoisotopic (exact) mass is 459 g/mol. The summed E-state index contributed by atoms with van der Waals surface area (Å²) in [5, 5.41) is 10.3. The number of likely N-dealkylation sites (N-methyl/N-ethyl adjacent to an activating group) is 1. The lowest BCUT2D eigenvalue weighted by Gasteiger charge is -2.23. The predicted molar refractivity (Wildman–Crippen MR) is 117 cm³/mol. The first-order valence-electron chi connectivity index (χ1n) is 9.24. The Bertz CT molecular complexity index is 1280. The number of carbonyl (C=O) groups excluding carboxylic acids is 1. The Labute approximate surface area is 183 Å². The molecule has 6 nitrogen and oxygen atoms in total. The van der Waals surface area contributed by atoms with Gasteiger partial charge in [0.15, 0.2) is 0 Å². The summed E-state index contributed by atoms with van der Waals surface area (Å²) in [4.78, 5) is 14.6. The smallest absolute Gasteiger partial charge is 0.253 e. The SMILES string of the molecule is CN([C@H]1CCN(Cc2cccc(C#N)c2)C1=O)S(=O)(=O)c1cc2cc(Cl)ccc2s1. The second-order valence-electron chi connectivity index (χ2n) is 7.15. The van der Waals surface area contributed by atoms with Crippen LogP contribution in [0.1, 0.15) is 17.5 Å². The second kappa shape index (κ2) is 8.00. The maximum absolute atomic E-state index is 13.2. The van der Waals surface area contributed by atoms with Crippen LogP contribution >= 0.6 is 22.9 Å². The van der Waals surface area contributed by atoms with Crippen LogP contribution in [0.3, 0.4) is 0 Å². The fourth-order valence-electron chi connectivity index (χ4n) is 3.60. The van der Waals surface area contributed by atoms with Crippen LogP contribution in [0.15, 0.2) is 52.7 Å². The van der Waals surface area contributed by atoms with Gasteiger partial charge in [-0.05, 0) is 53.8 Å². The Morgan fingerprint density at radius 1 is 1.27 bits per heavy atom. The number of hydrogen-bond acceptors (Lipinski definition) is 5. The summed E-state index contributed by atoms with van der Waals surface area (Å²) in [5.41, 5.74) is 1.37. The van der Waals surface area contributed by atoms with Gasteiger partial charge in [-0.25, -0.2) is 8.42 Å². The van der Waals surface area contributed by atoms with Crippen LogP contribution in [0.4, 0.5) is 0 Å². The van der Waals surface area contributed by atoms with Crippen molar-refractivity contribution < 1.29 is 13.2 Å². The molecule has 154 valence electrons. The number of likely N-dealkylation sites (tertiary alicyclic amines) is 1. The molecule has 1 aliphatic rings. The van der Waals surface area contributed by atoms with Gasteiger partial charge in [0.05, 0.1) is 11.6 Å². The van der Waals surface area contributed by atoms with Gasteiger partial charge < -0.3 is 4.90 Å². The Hall–Kier alpha value is -2.44. The summed E-state index contributed by atoms with van der Waals surface area (Å²) in [6.07, 6.45) is 0.420. The van der Waals surface area contributed by atoms with E-state index in [0.29, 0.717) is 30.1 Å². The third-order valence-corrected chi connectivity index (χ3v) is 8.89. The Kier molecular flexibility index (Phi) is 5.55. The molecule has 0 bridgehead atoms. The van der Waals surface area contributed by atoms with Gasteiger partial charge in [0.1, 0.15) is 10.3 Å². The molecule has 0 saturated carbocycles. The zero-order valence-corrected chi connectivity index (χ0v) is 18.5. The van der Waals surface area contributed by atoms with Gasteiger partial charge in [-0.15, -0.1) is 11.3 Å². The zero-order chi connectivity index (χ0) is 21.5. The molecule has 0 aliphatic carbocycles. The standard InChI is InChI=1S/C21H18ClN3O3S2/c1-24(30(27,28)20-11-16-10-17(22)5-6-19(16)29-20)18-7-8-25(21(18)26)13-15-4-2-3-14(9-15)12-23/h2-6,9-11,18H,7-8,13H2,1H3/t18-/m0/s1. The van der Waals surface area contributed by atoms with Gasteiger partial charge in [0.25, 0.3) is 10.0 Å². The van der Waals surface area contributed by atoms with Crippen molar-refractivity contribution in [2.75, 3.05) is 13.6 Å². The van der Waals surface area contributed by atoms with Crippen LogP contribution in [-0.4, -0.2) is 43.2 Å². The van der Waals surface area contributed by atoms with Crippen molar-refractivity contribution in [1.29, 1.82) is 5.26 Å². The Morgan fingerprint density at radius 3 is 2.83 bits per heavy atom. The molecule has 1 atom stereocenters. The number of amides is 1. The second-order valence-corrected chi connectivity index (χ2v) is 10.9. The topological polar surface area (TPSA) is 81.5 Å². The van der Waals surface area contributed by atoms with Gasteiger partial charge in [-0.2, -0.15) is 9.57 Å². The lowest BCUT2D eigenvalue weighted by Crippen LogP contribution is -2.42. The molecule has 1 aliphatic heterocycles. The van der Waals surface area contributed by atoms with Crippen LogP contribution in [0.25, 0.3) is 10.1 Å². The van der Waals surface area contributed by atoms with E-state index in [9.17, 15) is 13.2 Å². The quantitative estimate of drug-likeness (QED) is 0.580. The molecule has 1 saturated heterocycles. The van der Waals surface area contributed by atoms with E-state index >= 15 is 0 Å². The summed E-state index contributed by atoms with van der Waals surface area (Å²) in [5.74, 6) is -0.229. The highest BCUT2D eigenvalue weighted by atomic mass is 35.5. The number of carbonyl (C=O) groups is 1. The average Bonchev–Trinajstić information content (AvgIpc) is 3.31. The van der Waals surface area contributed by atoms with Gasteiger partial charge >= 0.3 is 0 Å². The number of fused-ring (bicyclic) bond motifs is 1. The van der Waals surface area contributed by atoms with Crippen LogP contribution < -0.4 is 0 Å². The number of nitrogens with zero attached hydrogens (tertiary/aromatic N) is 3. The minimum Gasteiger partial charge on any atom is -0.337 e. The van der Waals surface area contributed by atoms with Gasteiger partial charge in [0, 0.05) is 29.9 Å². The molecule has 1 amide bonds. The Morgan fingerprint density at radius 2 is 2.07 bits per heavy atom. The minimum absolute atomic E-state index is 0.190. The number of halogens is 1. The highest BCUT2D eigenvalue weighted by molar-refractivity contribution is 7.91. The molecule has 30 heavy (non-hydrogen) atoms. The molecule has 0 radical (unpaired) electrons. The van der Waals surface area contributed by atoms with E-state index in [0.717, 1.165) is 27.0 Å². The number of benzene rings is 2. The lowest BCUT2D eigenvalue weighted by atomic mass is 10.1. The first-order chi connectivity index (χ1) is 14.3. The number of thiophene rings is 1. The molecule has 0 N–H and O–H groups in total. The van der Waals surface area contributed by atoms with Crippen molar-refractivity contribution in [3.05, 3.63) is 64.7 Å². The van der Waals surface area contributed by atoms with Crippen molar-refractivity contribution in [1.82, 2.24) is 9.21 Å². The molecule has 2 heterocycles. The lowest BCUT2D eigenvalue weighted by molar-refractivity contribution is -0.131. The first kappa shape index (κ1) is 20.8. The summed E-state index contributed by atoms with van der Waals surface area (Å²) in [6, 6.07) is 15.2. The van der Waals surface area contributed by atoms with E-state index in [1.54, 1.807) is 47.4 Å². The van der Waals surface area contributed by atoms with E-state index in [-0.39, 0.29) is 10.1 Å². The van der Waals surface area contributed by atoms with Crippen molar-refractivity contribution in [2.24, 2.45) is 0 Å². The van der Waals surface area contributed by atoms with Crippen LogP contribution in [0.2, 0.25) is 5.02 Å². The van der Waals surface area contributed by atoms with E-state index in [2.05, 4.69) is 6.07 Å². The number of nitriles is 1. The molecule has 3 aromatic rings. The molecule has 0 spiro atoms. The molecule has 9 heteroatoms. The number of hydrogen-bond donors (Lipinski definition) is 0. The van der Waals surface area contributed by atoms with Crippen LogP contribution in [0, 0.1) is 11.3 Å². The molecule has 0 unspecified atom stereocenters. The maximum atomic E-state index is 13.2. The molecule has 4 rings (SSSR count). The van der Waals surface area contributed by atoms with Gasteiger partial charge in [-0.1, -0.05) is 23.7 Å². The van der Waals surface area contributed by atoms with Crippen molar-refractivity contribution in [2.45, 2.75) is 23.2 Å². The van der Waals surface area contributed by atoms with Crippen molar-refractivity contribution >= 4 is 49.0 Å². The third-order valence-electron chi connectivity index (χ3n) is 5.23. The minimum atomic E-state index is -3.82. The average molecular weight is 460 g/mol. The summed E-state index contributed by atoms with van der Waals surface area (Å²) in [6.45, 7) is 0.808. The number of rotatable bonds is 5. The summed E-state index contributed by atoms with van der Waals surface area (Å²) in [7, 11) is -2.37. The first-order valence-corrected chi connectivity index (χ1v) is 11.9. The largest absolute Gasteiger partial charge is 0.337 e. The number of sulfonamides is 1. The predicted octanol–water partition coefficient (Wildman–Crippen LogP) is 3.85. The zero-order valence-electron chi connectivity index (χ0n) is 16.1. The van der Waals surface area contributed by atoms with E-state index < -0.39 is 16.1 Å². The van der Waals surface area contributed by atoms with Crippen LogP contribution in [-0.2, 0) is 21.4 Å². The fraction of sp³-hybridized carbons (Fsp3) is 0.238. The van der Waals surface area contributed by atoms with Crippen LogP contribution in [0.5, 0.6) is 0 Å². The molecule has 1 fully saturated rings. The van der Waals surface area contributed by atoms with E-state index in [1.165, 1.54) is 11.4 Å². The maximum Gasteiger partial charge on any atom is 0.253 e. The molecule has 1 aromatic heterocycles. The molecule has 2 aromatic carbocycles. The third kappa shape index (κ3) is 3.82. The van der Waals surface area contributed by atoms with Gasteiger partial charge in [-0.3, -0.25) is 4.79 Å². The Balaban J connectivity index is 1.54. The normalized spacial score (nSPS) is 17.1. The fourth-order valence-corrected chi connectivity index (χ4v) is 6.69. The van der Waals surface area contributed by atoms with E-state index in [1.807, 2.05) is 6.07 Å².